The normalized spacial score (nSPS) is 12.0. The van der Waals surface area contributed by atoms with Gasteiger partial charge in [0, 0.05) is 5.69 Å². The van der Waals surface area contributed by atoms with E-state index in [-0.39, 0.29) is 11.0 Å². The van der Waals surface area contributed by atoms with Gasteiger partial charge in [0.25, 0.3) is 0 Å². The Bertz CT molecular complexity index is 640. The molecule has 0 saturated heterocycles. The van der Waals surface area contributed by atoms with Gasteiger partial charge in [-0.05, 0) is 43.0 Å². The number of rotatable bonds is 5. The maximum Gasteiger partial charge on any atom is 0.322 e. The molecule has 110 valence electrons. The first-order chi connectivity index (χ1) is 9.99. The first-order valence-electron chi connectivity index (χ1n) is 6.93. The van der Waals surface area contributed by atoms with Crippen molar-refractivity contribution >= 4 is 17.2 Å². The summed E-state index contributed by atoms with van der Waals surface area (Å²) in [5.41, 5.74) is 8.17. The molecule has 0 fully saturated rings. The molecule has 2 aromatic rings. The van der Waals surface area contributed by atoms with E-state index < -0.39 is 0 Å². The highest BCUT2D eigenvalue weighted by atomic mass is 32.1. The van der Waals surface area contributed by atoms with Crippen molar-refractivity contribution < 1.29 is 4.74 Å². The van der Waals surface area contributed by atoms with Crippen LogP contribution in [-0.4, -0.2) is 15.0 Å². The fourth-order valence-corrected chi connectivity index (χ4v) is 2.02. The zero-order chi connectivity index (χ0) is 15.4. The van der Waals surface area contributed by atoms with Gasteiger partial charge >= 0.3 is 6.01 Å². The van der Waals surface area contributed by atoms with Crippen LogP contribution >= 0.6 is 12.2 Å². The molecule has 4 nitrogen and oxygen atoms in total. The highest BCUT2D eigenvalue weighted by Crippen LogP contribution is 2.24. The van der Waals surface area contributed by atoms with Gasteiger partial charge in [-0.3, -0.25) is 0 Å². The molecule has 0 bridgehead atoms. The van der Waals surface area contributed by atoms with Crippen LogP contribution in [0.3, 0.4) is 0 Å². The average molecular weight is 301 g/mol. The molecular formula is C16H19N3OS. The number of nitrogens with two attached hydrogens (primary N) is 1. The van der Waals surface area contributed by atoms with Crippen LogP contribution in [0.25, 0.3) is 0 Å². The summed E-state index contributed by atoms with van der Waals surface area (Å²) in [7, 11) is 0. The molecule has 1 atom stereocenters. The van der Waals surface area contributed by atoms with Crippen molar-refractivity contribution in [2.24, 2.45) is 5.73 Å². The zero-order valence-electron chi connectivity index (χ0n) is 12.5. The fourth-order valence-electron chi connectivity index (χ4n) is 1.92. The molecule has 5 heteroatoms. The lowest BCUT2D eigenvalue weighted by molar-refractivity contribution is 0.439. The van der Waals surface area contributed by atoms with Crippen LogP contribution in [-0.2, 0) is 0 Å². The van der Waals surface area contributed by atoms with Gasteiger partial charge in [-0.25, -0.2) is 4.98 Å². The molecule has 0 aliphatic carbocycles. The number of nitrogens with zero attached hydrogens (tertiary/aromatic N) is 2. The van der Waals surface area contributed by atoms with E-state index in [2.05, 4.69) is 35.9 Å². The minimum atomic E-state index is 0.234. The quantitative estimate of drug-likeness (QED) is 0.853. The van der Waals surface area contributed by atoms with Crippen molar-refractivity contribution in [3.63, 3.8) is 0 Å². The predicted molar refractivity (Wildman–Crippen MR) is 87.9 cm³/mol. The largest absolute Gasteiger partial charge is 0.424 e. The van der Waals surface area contributed by atoms with Crippen molar-refractivity contribution in [3.05, 3.63) is 47.3 Å². The van der Waals surface area contributed by atoms with Gasteiger partial charge in [-0.1, -0.05) is 38.2 Å². The van der Waals surface area contributed by atoms with Crippen LogP contribution in [0.1, 0.15) is 43.1 Å². The molecule has 2 N–H and O–H groups in total. The van der Waals surface area contributed by atoms with E-state index >= 15 is 0 Å². The maximum absolute atomic E-state index is 5.68. The summed E-state index contributed by atoms with van der Waals surface area (Å²) in [6, 6.07) is 9.97. The Morgan fingerprint density at radius 1 is 1.29 bits per heavy atom. The van der Waals surface area contributed by atoms with E-state index in [4.69, 9.17) is 22.7 Å². The Morgan fingerprint density at radius 2 is 1.95 bits per heavy atom. The van der Waals surface area contributed by atoms with Gasteiger partial charge in [-0.15, -0.1) is 0 Å². The highest BCUT2D eigenvalue weighted by Gasteiger charge is 2.08. The third kappa shape index (κ3) is 3.98. The summed E-state index contributed by atoms with van der Waals surface area (Å²) in [5, 5.41) is 0. The third-order valence-electron chi connectivity index (χ3n) is 3.36. The highest BCUT2D eigenvalue weighted by molar-refractivity contribution is 7.80. The SMILES string of the molecule is CCC(C)c1ccc(Oc2nc(C)cc(C(N)=S)n2)cc1. The number of ether oxygens (including phenoxy) is 1. The van der Waals surface area contributed by atoms with E-state index in [1.807, 2.05) is 19.1 Å². The zero-order valence-corrected chi connectivity index (χ0v) is 13.3. The summed E-state index contributed by atoms with van der Waals surface area (Å²) in [5.74, 6) is 1.23. The standard InChI is InChI=1S/C16H19N3OS/c1-4-10(2)12-5-7-13(8-6-12)20-16-18-11(3)9-14(19-16)15(17)21/h5-10H,4H2,1-3H3,(H2,17,21). The summed E-state index contributed by atoms with van der Waals surface area (Å²) in [4.78, 5) is 8.67. The van der Waals surface area contributed by atoms with Crippen LogP contribution in [0.4, 0.5) is 0 Å². The minimum absolute atomic E-state index is 0.234. The number of aryl methyl sites for hydroxylation is 1. The average Bonchev–Trinajstić information content (AvgIpc) is 2.46. The van der Waals surface area contributed by atoms with Gasteiger partial charge in [0.05, 0.1) is 0 Å². The molecule has 1 unspecified atom stereocenters. The fraction of sp³-hybridized carbons (Fsp3) is 0.312. The second-order valence-corrected chi connectivity index (χ2v) is 5.46. The topological polar surface area (TPSA) is 61.0 Å². The molecule has 0 aliphatic rings. The van der Waals surface area contributed by atoms with Crippen molar-refractivity contribution in [2.75, 3.05) is 0 Å². The van der Waals surface area contributed by atoms with Crippen LogP contribution in [0.5, 0.6) is 11.8 Å². The first kappa shape index (κ1) is 15.4. The van der Waals surface area contributed by atoms with Gasteiger partial charge < -0.3 is 10.5 Å². The van der Waals surface area contributed by atoms with Crippen LogP contribution in [0.2, 0.25) is 0 Å². The number of aromatic nitrogens is 2. The van der Waals surface area contributed by atoms with Gasteiger partial charge in [-0.2, -0.15) is 4.98 Å². The molecule has 21 heavy (non-hydrogen) atoms. The Morgan fingerprint density at radius 3 is 2.52 bits per heavy atom. The second-order valence-electron chi connectivity index (χ2n) is 5.02. The summed E-state index contributed by atoms with van der Waals surface area (Å²) in [6.07, 6.45) is 1.11. The van der Waals surface area contributed by atoms with Gasteiger partial charge in [0.2, 0.25) is 0 Å². The summed E-state index contributed by atoms with van der Waals surface area (Å²) >= 11 is 4.94. The molecule has 1 heterocycles. The Balaban J connectivity index is 2.20. The van der Waals surface area contributed by atoms with Crippen molar-refractivity contribution in [1.29, 1.82) is 0 Å². The monoisotopic (exact) mass is 301 g/mol. The predicted octanol–water partition coefficient (Wildman–Crippen LogP) is 3.73. The molecular weight excluding hydrogens is 282 g/mol. The van der Waals surface area contributed by atoms with Gasteiger partial charge in [0.15, 0.2) is 0 Å². The van der Waals surface area contributed by atoms with E-state index in [1.54, 1.807) is 6.07 Å². The minimum Gasteiger partial charge on any atom is -0.424 e. The van der Waals surface area contributed by atoms with E-state index in [0.717, 1.165) is 12.1 Å². The molecule has 0 saturated carbocycles. The maximum atomic E-state index is 5.68. The van der Waals surface area contributed by atoms with Crippen molar-refractivity contribution in [3.8, 4) is 11.8 Å². The first-order valence-corrected chi connectivity index (χ1v) is 7.33. The number of thiocarbonyl (C=S) groups is 1. The molecule has 0 aliphatic heterocycles. The van der Waals surface area contributed by atoms with Gasteiger partial charge in [0.1, 0.15) is 16.4 Å². The lowest BCUT2D eigenvalue weighted by Gasteiger charge is -2.10. The molecule has 0 spiro atoms. The van der Waals surface area contributed by atoms with E-state index in [1.165, 1.54) is 5.56 Å². The second kappa shape index (κ2) is 6.63. The number of benzene rings is 1. The Labute approximate surface area is 130 Å². The van der Waals surface area contributed by atoms with E-state index in [0.29, 0.717) is 17.4 Å². The van der Waals surface area contributed by atoms with Crippen LogP contribution < -0.4 is 10.5 Å². The van der Waals surface area contributed by atoms with Crippen LogP contribution in [0.15, 0.2) is 30.3 Å². The van der Waals surface area contributed by atoms with Crippen molar-refractivity contribution in [2.45, 2.75) is 33.1 Å². The summed E-state index contributed by atoms with van der Waals surface area (Å²) in [6.45, 7) is 6.23. The molecule has 2 rings (SSSR count). The smallest absolute Gasteiger partial charge is 0.322 e. The lowest BCUT2D eigenvalue weighted by Crippen LogP contribution is -2.13. The van der Waals surface area contributed by atoms with Crippen molar-refractivity contribution in [1.82, 2.24) is 9.97 Å². The molecule has 1 aromatic heterocycles. The third-order valence-corrected chi connectivity index (χ3v) is 3.57. The molecule has 1 aromatic carbocycles. The molecule has 0 radical (unpaired) electrons. The molecule has 0 amide bonds. The van der Waals surface area contributed by atoms with E-state index in [9.17, 15) is 0 Å². The number of hydrogen-bond donors (Lipinski definition) is 1. The van der Waals surface area contributed by atoms with Crippen LogP contribution in [0, 0.1) is 6.92 Å². The Hall–Kier alpha value is -2.01. The lowest BCUT2D eigenvalue weighted by atomic mass is 9.99. The summed E-state index contributed by atoms with van der Waals surface area (Å²) < 4.78 is 5.68. The Kier molecular flexibility index (Phi) is 4.85. The number of hydrogen-bond acceptors (Lipinski definition) is 4.